The van der Waals surface area contributed by atoms with Crippen LogP contribution in [0.1, 0.15) is 52.9 Å². The summed E-state index contributed by atoms with van der Waals surface area (Å²) in [7, 11) is 1.52. The van der Waals surface area contributed by atoms with Gasteiger partial charge in [-0.2, -0.15) is 5.10 Å². The summed E-state index contributed by atoms with van der Waals surface area (Å²) in [6.45, 7) is 2.97. The van der Waals surface area contributed by atoms with Crippen LogP contribution < -0.4 is 4.74 Å². The predicted molar refractivity (Wildman–Crippen MR) is 138 cm³/mol. The molecule has 39 heavy (non-hydrogen) atoms. The Hall–Kier alpha value is -4.53. The van der Waals surface area contributed by atoms with E-state index in [2.05, 4.69) is 5.10 Å². The van der Waals surface area contributed by atoms with Crippen LogP contribution in [0.4, 0.5) is 4.39 Å². The highest BCUT2D eigenvalue weighted by Gasteiger charge is 2.75. The van der Waals surface area contributed by atoms with Crippen molar-refractivity contribution in [3.8, 4) is 5.75 Å². The maximum Gasteiger partial charge on any atom is 0.330 e. The summed E-state index contributed by atoms with van der Waals surface area (Å²) in [5.74, 6) is -4.54. The number of hydrogen-bond acceptors (Lipinski definition) is 8. The number of nitrogens with zero attached hydrogens (tertiary/aromatic N) is 2. The van der Waals surface area contributed by atoms with Gasteiger partial charge in [0.05, 0.1) is 13.3 Å². The first-order valence-corrected chi connectivity index (χ1v) is 12.5. The first-order valence-electron chi connectivity index (χ1n) is 12.5. The second-order valence-corrected chi connectivity index (χ2v) is 10.3. The lowest BCUT2D eigenvalue weighted by molar-refractivity contribution is -0.254. The fourth-order valence-electron chi connectivity index (χ4n) is 5.98. The summed E-state index contributed by atoms with van der Waals surface area (Å²) in [6, 6.07) is 17.1. The average Bonchev–Trinajstić information content (AvgIpc) is 3.24. The van der Waals surface area contributed by atoms with Gasteiger partial charge in [0.25, 0.3) is 5.79 Å². The van der Waals surface area contributed by atoms with E-state index in [9.17, 15) is 18.8 Å². The zero-order valence-corrected chi connectivity index (χ0v) is 21.5. The number of hydrazone groups is 1. The Morgan fingerprint density at radius 3 is 2.23 bits per heavy atom. The number of hydrogen-bond donors (Lipinski definition) is 0. The van der Waals surface area contributed by atoms with Gasteiger partial charge in [-0.3, -0.25) is 19.4 Å². The molecule has 6 rings (SSSR count). The third kappa shape index (κ3) is 3.64. The van der Waals surface area contributed by atoms with Crippen LogP contribution in [0.25, 0.3) is 0 Å². The molecule has 0 saturated carbocycles. The standard InChI is InChI=1S/C30H25FN2O6/c1-29(2)38-27(35)30(28(36)39-29)23(17-10-14-21(37-3)15-11-17)24(25(34)18-8-12-20(31)13-9-18)33-26(30)22-7-5-4-6-19(22)16-32-33/h4-16,23-24,26H,1-3H3/t23-,24+,26+/m0/s1. The van der Waals surface area contributed by atoms with Gasteiger partial charge in [-0.25, -0.2) is 4.39 Å². The third-order valence-electron chi connectivity index (χ3n) is 7.63. The molecule has 0 bridgehead atoms. The van der Waals surface area contributed by atoms with Crippen molar-refractivity contribution in [3.63, 3.8) is 0 Å². The van der Waals surface area contributed by atoms with Gasteiger partial charge < -0.3 is 14.2 Å². The summed E-state index contributed by atoms with van der Waals surface area (Å²) < 4.78 is 30.6. The molecule has 9 heteroatoms. The normalized spacial score (nSPS) is 24.0. The van der Waals surface area contributed by atoms with Crippen molar-refractivity contribution in [1.29, 1.82) is 0 Å². The van der Waals surface area contributed by atoms with Crippen molar-refractivity contribution in [3.05, 3.63) is 101 Å². The van der Waals surface area contributed by atoms with Crippen LogP contribution >= 0.6 is 0 Å². The van der Waals surface area contributed by atoms with Crippen LogP contribution in [-0.4, -0.2) is 47.9 Å². The molecule has 3 heterocycles. The van der Waals surface area contributed by atoms with E-state index in [0.29, 0.717) is 22.4 Å². The zero-order chi connectivity index (χ0) is 27.5. The lowest BCUT2D eigenvalue weighted by Gasteiger charge is -2.44. The molecule has 3 aliphatic heterocycles. The molecule has 0 amide bonds. The Morgan fingerprint density at radius 2 is 1.59 bits per heavy atom. The SMILES string of the molecule is COc1ccc([C@H]2[C@H](C(=O)c3ccc(F)cc3)N3N=Cc4ccccc4[C@@H]3C23C(=O)OC(C)(C)OC3=O)cc1. The molecule has 0 radical (unpaired) electrons. The van der Waals surface area contributed by atoms with Crippen molar-refractivity contribution in [2.75, 3.05) is 7.11 Å². The maximum atomic E-state index is 14.2. The molecule has 1 spiro atoms. The Balaban J connectivity index is 1.64. The Labute approximate surface area is 224 Å². The molecule has 2 fully saturated rings. The average molecular weight is 529 g/mol. The van der Waals surface area contributed by atoms with Gasteiger partial charge in [0, 0.05) is 25.3 Å². The first kappa shape index (κ1) is 24.8. The molecule has 2 saturated heterocycles. The topological polar surface area (TPSA) is 94.5 Å². The highest BCUT2D eigenvalue weighted by molar-refractivity contribution is 6.09. The summed E-state index contributed by atoms with van der Waals surface area (Å²) >= 11 is 0. The van der Waals surface area contributed by atoms with Crippen molar-refractivity contribution in [1.82, 2.24) is 5.01 Å². The fourth-order valence-corrected chi connectivity index (χ4v) is 5.98. The largest absolute Gasteiger partial charge is 0.497 e. The minimum Gasteiger partial charge on any atom is -0.497 e. The van der Waals surface area contributed by atoms with E-state index in [0.717, 1.165) is 0 Å². The molecular weight excluding hydrogens is 503 g/mol. The zero-order valence-electron chi connectivity index (χ0n) is 21.5. The third-order valence-corrected chi connectivity index (χ3v) is 7.63. The quantitative estimate of drug-likeness (QED) is 0.282. The van der Waals surface area contributed by atoms with Crippen molar-refractivity contribution in [2.45, 2.75) is 37.6 Å². The number of rotatable bonds is 4. The molecule has 3 aromatic carbocycles. The molecule has 3 aromatic rings. The number of ketones is 1. The predicted octanol–water partition coefficient (Wildman–Crippen LogP) is 4.40. The number of halogens is 1. The number of carbonyl (C=O) groups is 3. The van der Waals surface area contributed by atoms with Crippen LogP contribution in [0, 0.1) is 11.2 Å². The molecule has 0 unspecified atom stereocenters. The van der Waals surface area contributed by atoms with Gasteiger partial charge >= 0.3 is 11.9 Å². The number of Topliss-reactive ketones (excluding diaryl/α,β-unsaturated/α-hetero) is 1. The van der Waals surface area contributed by atoms with Crippen LogP contribution in [-0.2, 0) is 19.1 Å². The number of cyclic esters (lactones) is 2. The number of fused-ring (bicyclic) bond motifs is 4. The van der Waals surface area contributed by atoms with E-state index in [1.807, 2.05) is 12.1 Å². The summed E-state index contributed by atoms with van der Waals surface area (Å²) in [4.78, 5) is 42.6. The Kier molecular flexibility index (Phi) is 5.57. The van der Waals surface area contributed by atoms with E-state index < -0.39 is 52.7 Å². The van der Waals surface area contributed by atoms with Gasteiger partial charge in [-0.1, -0.05) is 36.4 Å². The van der Waals surface area contributed by atoms with Gasteiger partial charge in [0.1, 0.15) is 23.7 Å². The van der Waals surface area contributed by atoms with E-state index in [1.54, 1.807) is 42.6 Å². The second-order valence-electron chi connectivity index (χ2n) is 10.3. The van der Waals surface area contributed by atoms with E-state index >= 15 is 0 Å². The molecular formula is C30H25FN2O6. The van der Waals surface area contributed by atoms with E-state index in [4.69, 9.17) is 14.2 Å². The maximum absolute atomic E-state index is 14.2. The number of methoxy groups -OCH3 is 1. The summed E-state index contributed by atoms with van der Waals surface area (Å²) in [6.07, 6.45) is 1.60. The van der Waals surface area contributed by atoms with Crippen molar-refractivity contribution < 1.29 is 33.0 Å². The van der Waals surface area contributed by atoms with Crippen molar-refractivity contribution >= 4 is 23.9 Å². The molecule has 0 N–H and O–H groups in total. The Morgan fingerprint density at radius 1 is 0.949 bits per heavy atom. The lowest BCUT2D eigenvalue weighted by atomic mass is 9.65. The van der Waals surface area contributed by atoms with Gasteiger partial charge in [0.15, 0.2) is 5.78 Å². The monoisotopic (exact) mass is 528 g/mol. The number of benzene rings is 3. The lowest BCUT2D eigenvalue weighted by Crippen LogP contribution is -2.58. The first-order chi connectivity index (χ1) is 18.7. The molecule has 0 aromatic heterocycles. The van der Waals surface area contributed by atoms with Crippen molar-refractivity contribution in [2.24, 2.45) is 10.5 Å². The van der Waals surface area contributed by atoms with E-state index in [-0.39, 0.29) is 5.56 Å². The minimum absolute atomic E-state index is 0.211. The molecule has 0 aliphatic carbocycles. The summed E-state index contributed by atoms with van der Waals surface area (Å²) in [5.41, 5.74) is 0.0914. The summed E-state index contributed by atoms with van der Waals surface area (Å²) in [5, 5.41) is 6.12. The Bertz CT molecular complexity index is 1500. The van der Waals surface area contributed by atoms with Crippen LogP contribution in [0.5, 0.6) is 5.75 Å². The molecule has 198 valence electrons. The second kappa shape index (κ2) is 8.76. The molecule has 3 atom stereocenters. The number of esters is 2. The molecule has 3 aliphatic rings. The number of ether oxygens (including phenoxy) is 3. The van der Waals surface area contributed by atoms with Crippen LogP contribution in [0.15, 0.2) is 77.9 Å². The van der Waals surface area contributed by atoms with Crippen LogP contribution in [0.3, 0.4) is 0 Å². The smallest absolute Gasteiger partial charge is 0.330 e. The highest BCUT2D eigenvalue weighted by Crippen LogP contribution is 2.63. The number of carbonyl (C=O) groups excluding carboxylic acids is 3. The molecule has 8 nitrogen and oxygen atoms in total. The minimum atomic E-state index is -1.97. The van der Waals surface area contributed by atoms with Gasteiger partial charge in [-0.15, -0.1) is 0 Å². The highest BCUT2D eigenvalue weighted by atomic mass is 19.1. The van der Waals surface area contributed by atoms with Gasteiger partial charge in [-0.05, 0) is 53.1 Å². The van der Waals surface area contributed by atoms with Gasteiger partial charge in [0.2, 0.25) is 5.41 Å². The van der Waals surface area contributed by atoms with E-state index in [1.165, 1.54) is 50.2 Å². The fraction of sp³-hybridized carbons (Fsp3) is 0.267. The van der Waals surface area contributed by atoms with Crippen LogP contribution in [0.2, 0.25) is 0 Å².